The maximum absolute atomic E-state index is 11.2. The molecule has 0 saturated heterocycles. The van der Waals surface area contributed by atoms with Gasteiger partial charge in [-0.05, 0) is 13.8 Å². The molecule has 1 heterocycles. The lowest BCUT2D eigenvalue weighted by Gasteiger charge is -2.18. The Bertz CT molecular complexity index is 442. The van der Waals surface area contributed by atoms with Crippen molar-refractivity contribution in [2.75, 3.05) is 14.2 Å². The van der Waals surface area contributed by atoms with E-state index in [1.165, 1.54) is 12.0 Å². The van der Waals surface area contributed by atoms with Gasteiger partial charge in [0.2, 0.25) is 0 Å². The van der Waals surface area contributed by atoms with Crippen LogP contribution in [0, 0.1) is 18.8 Å². The summed E-state index contributed by atoms with van der Waals surface area (Å²) < 4.78 is 6.55. The highest BCUT2D eigenvalue weighted by atomic mass is 16.5. The molecule has 0 aromatic carbocycles. The van der Waals surface area contributed by atoms with Gasteiger partial charge in [-0.2, -0.15) is 0 Å². The lowest BCUT2D eigenvalue weighted by atomic mass is 10.3. The number of nitrogens with zero attached hydrogens (tertiary/aromatic N) is 3. The van der Waals surface area contributed by atoms with Gasteiger partial charge in [0, 0.05) is 18.9 Å². The maximum Gasteiger partial charge on any atom is 0.410 e. The standard InChI is InChI=1S/C12H17N3O2/c1-10(14(3)12(16)17-4)6-5-7-15-9-13-8-11(15)2/h8-10H,7H2,1-4H3. The van der Waals surface area contributed by atoms with Crippen molar-refractivity contribution in [1.29, 1.82) is 0 Å². The van der Waals surface area contributed by atoms with Crippen molar-refractivity contribution in [3.8, 4) is 11.8 Å². The first-order valence-corrected chi connectivity index (χ1v) is 5.32. The largest absolute Gasteiger partial charge is 0.453 e. The summed E-state index contributed by atoms with van der Waals surface area (Å²) in [6, 6.07) is -0.175. The van der Waals surface area contributed by atoms with Gasteiger partial charge in [0.25, 0.3) is 0 Å². The molecule has 0 aliphatic rings. The van der Waals surface area contributed by atoms with Gasteiger partial charge in [-0.25, -0.2) is 9.78 Å². The molecule has 17 heavy (non-hydrogen) atoms. The second kappa shape index (κ2) is 5.94. The van der Waals surface area contributed by atoms with Gasteiger partial charge < -0.3 is 9.30 Å². The van der Waals surface area contributed by atoms with Crippen LogP contribution in [0.4, 0.5) is 4.79 Å². The maximum atomic E-state index is 11.2. The van der Waals surface area contributed by atoms with Crippen LogP contribution in [0.2, 0.25) is 0 Å². The topological polar surface area (TPSA) is 47.4 Å². The molecule has 1 aromatic heterocycles. The molecular weight excluding hydrogens is 218 g/mol. The first-order valence-electron chi connectivity index (χ1n) is 5.32. The Morgan fingerprint density at radius 1 is 1.71 bits per heavy atom. The van der Waals surface area contributed by atoms with Crippen LogP contribution in [0.3, 0.4) is 0 Å². The number of ether oxygens (including phenoxy) is 1. The van der Waals surface area contributed by atoms with Crippen LogP contribution in [-0.4, -0.2) is 40.7 Å². The van der Waals surface area contributed by atoms with Crippen molar-refractivity contribution in [3.63, 3.8) is 0 Å². The van der Waals surface area contributed by atoms with Crippen molar-refractivity contribution in [2.24, 2.45) is 0 Å². The second-order valence-corrected chi connectivity index (χ2v) is 3.74. The molecule has 0 fully saturated rings. The van der Waals surface area contributed by atoms with E-state index in [2.05, 4.69) is 21.6 Å². The third-order valence-electron chi connectivity index (χ3n) is 2.52. The molecule has 1 amide bonds. The van der Waals surface area contributed by atoms with E-state index in [0.29, 0.717) is 6.54 Å². The van der Waals surface area contributed by atoms with E-state index in [4.69, 9.17) is 0 Å². The van der Waals surface area contributed by atoms with E-state index < -0.39 is 0 Å². The minimum atomic E-state index is -0.384. The van der Waals surface area contributed by atoms with Crippen molar-refractivity contribution in [1.82, 2.24) is 14.5 Å². The predicted octanol–water partition coefficient (Wildman–Crippen LogP) is 1.28. The zero-order valence-corrected chi connectivity index (χ0v) is 10.6. The quantitative estimate of drug-likeness (QED) is 0.725. The second-order valence-electron chi connectivity index (χ2n) is 3.74. The van der Waals surface area contributed by atoms with Crippen molar-refractivity contribution < 1.29 is 9.53 Å². The summed E-state index contributed by atoms with van der Waals surface area (Å²) in [5, 5.41) is 0. The molecule has 0 saturated carbocycles. The molecule has 0 aliphatic carbocycles. The molecule has 5 heteroatoms. The minimum absolute atomic E-state index is 0.175. The van der Waals surface area contributed by atoms with Gasteiger partial charge in [-0.1, -0.05) is 11.8 Å². The first-order chi connectivity index (χ1) is 8.06. The van der Waals surface area contributed by atoms with Crippen LogP contribution in [0.5, 0.6) is 0 Å². The van der Waals surface area contributed by atoms with Crippen molar-refractivity contribution >= 4 is 6.09 Å². The number of aromatic nitrogens is 2. The Labute approximate surface area is 101 Å². The Morgan fingerprint density at radius 3 is 2.94 bits per heavy atom. The fourth-order valence-corrected chi connectivity index (χ4v) is 1.23. The molecule has 5 nitrogen and oxygen atoms in total. The molecule has 1 aromatic rings. The third-order valence-corrected chi connectivity index (χ3v) is 2.52. The van der Waals surface area contributed by atoms with Gasteiger partial charge in [-0.15, -0.1) is 0 Å². The predicted molar refractivity (Wildman–Crippen MR) is 64.4 cm³/mol. The number of carbonyl (C=O) groups is 1. The summed E-state index contributed by atoms with van der Waals surface area (Å²) >= 11 is 0. The highest BCUT2D eigenvalue weighted by molar-refractivity contribution is 5.67. The number of amides is 1. The monoisotopic (exact) mass is 235 g/mol. The SMILES string of the molecule is COC(=O)N(C)C(C)C#CCn1cncc1C. The lowest BCUT2D eigenvalue weighted by Crippen LogP contribution is -2.33. The summed E-state index contributed by atoms with van der Waals surface area (Å²) in [5.41, 5.74) is 1.06. The van der Waals surface area contributed by atoms with Gasteiger partial charge in [0.05, 0.1) is 26.0 Å². The van der Waals surface area contributed by atoms with E-state index >= 15 is 0 Å². The van der Waals surface area contributed by atoms with E-state index in [0.717, 1.165) is 5.69 Å². The molecule has 0 bridgehead atoms. The van der Waals surface area contributed by atoms with E-state index in [1.54, 1.807) is 19.6 Å². The number of rotatable bonds is 2. The van der Waals surface area contributed by atoms with Crippen molar-refractivity contribution in [3.05, 3.63) is 18.2 Å². The number of methoxy groups -OCH3 is 1. The molecule has 0 spiro atoms. The van der Waals surface area contributed by atoms with E-state index in [-0.39, 0.29) is 12.1 Å². The molecule has 0 N–H and O–H groups in total. The highest BCUT2D eigenvalue weighted by Gasteiger charge is 2.12. The van der Waals surface area contributed by atoms with Crippen LogP contribution >= 0.6 is 0 Å². The fraction of sp³-hybridized carbons (Fsp3) is 0.500. The summed E-state index contributed by atoms with van der Waals surface area (Å²) in [7, 11) is 3.02. The zero-order valence-electron chi connectivity index (χ0n) is 10.6. The molecule has 1 unspecified atom stereocenters. The zero-order chi connectivity index (χ0) is 12.8. The normalized spacial score (nSPS) is 11.3. The summed E-state index contributed by atoms with van der Waals surface area (Å²) in [4.78, 5) is 16.7. The van der Waals surface area contributed by atoms with Gasteiger partial charge in [0.15, 0.2) is 0 Å². The molecule has 1 rings (SSSR count). The average molecular weight is 235 g/mol. The number of hydrogen-bond acceptors (Lipinski definition) is 3. The van der Waals surface area contributed by atoms with Gasteiger partial charge in [-0.3, -0.25) is 4.90 Å². The number of aryl methyl sites for hydroxylation is 1. The fourth-order valence-electron chi connectivity index (χ4n) is 1.23. The first kappa shape index (κ1) is 13.1. The summed E-state index contributed by atoms with van der Waals surface area (Å²) in [6.45, 7) is 4.40. The summed E-state index contributed by atoms with van der Waals surface area (Å²) in [5.74, 6) is 6.00. The molecule has 1 atom stereocenters. The van der Waals surface area contributed by atoms with Crippen molar-refractivity contribution in [2.45, 2.75) is 26.4 Å². The molecular formula is C12H17N3O2. The number of imidazole rings is 1. The highest BCUT2D eigenvalue weighted by Crippen LogP contribution is 1.98. The molecule has 92 valence electrons. The van der Waals surface area contributed by atoms with Crippen LogP contribution in [0.25, 0.3) is 0 Å². The van der Waals surface area contributed by atoms with Gasteiger partial charge >= 0.3 is 6.09 Å². The Kier molecular flexibility index (Phi) is 4.58. The lowest BCUT2D eigenvalue weighted by molar-refractivity contribution is 0.128. The number of hydrogen-bond donors (Lipinski definition) is 0. The minimum Gasteiger partial charge on any atom is -0.453 e. The third kappa shape index (κ3) is 3.52. The Morgan fingerprint density at radius 2 is 2.41 bits per heavy atom. The van der Waals surface area contributed by atoms with E-state index in [9.17, 15) is 4.79 Å². The van der Waals surface area contributed by atoms with Crippen LogP contribution < -0.4 is 0 Å². The smallest absolute Gasteiger partial charge is 0.410 e. The van der Waals surface area contributed by atoms with E-state index in [1.807, 2.05) is 18.4 Å². The molecule has 0 radical (unpaired) electrons. The Balaban J connectivity index is 2.55. The summed E-state index contributed by atoms with van der Waals surface area (Å²) in [6.07, 6.45) is 3.13. The Hall–Kier alpha value is -1.96. The van der Waals surface area contributed by atoms with Crippen LogP contribution in [0.15, 0.2) is 12.5 Å². The molecule has 0 aliphatic heterocycles. The van der Waals surface area contributed by atoms with Crippen LogP contribution in [-0.2, 0) is 11.3 Å². The van der Waals surface area contributed by atoms with Crippen LogP contribution in [0.1, 0.15) is 12.6 Å². The average Bonchev–Trinajstić information content (AvgIpc) is 2.73. The number of carbonyl (C=O) groups excluding carboxylic acids is 1. The van der Waals surface area contributed by atoms with Gasteiger partial charge in [0.1, 0.15) is 0 Å².